The highest BCUT2D eigenvalue weighted by atomic mass is 16.5. The molecule has 0 aromatic heterocycles. The molecule has 0 aliphatic rings. The highest BCUT2D eigenvalue weighted by Crippen LogP contribution is 1.99. The minimum atomic E-state index is -0.969. The number of hydrogen-bond donors (Lipinski definition) is 2. The van der Waals surface area contributed by atoms with Gasteiger partial charge in [-0.15, -0.1) is 6.58 Å². The van der Waals surface area contributed by atoms with Gasteiger partial charge in [0.15, 0.2) is 0 Å². The molecule has 0 saturated heterocycles. The second-order valence-corrected chi connectivity index (χ2v) is 3.57. The van der Waals surface area contributed by atoms with Crippen LogP contribution in [0.15, 0.2) is 12.7 Å². The number of carbonyl (C=O) groups excluding carboxylic acids is 1. The largest absolute Gasteiger partial charge is 0.480 e. The number of ether oxygens (including phenoxy) is 1. The van der Waals surface area contributed by atoms with Crippen LogP contribution < -0.4 is 5.32 Å². The van der Waals surface area contributed by atoms with Crippen LogP contribution in [-0.2, 0) is 14.3 Å². The van der Waals surface area contributed by atoms with E-state index in [1.807, 2.05) is 0 Å². The second-order valence-electron chi connectivity index (χ2n) is 3.57. The summed E-state index contributed by atoms with van der Waals surface area (Å²) in [6.07, 6.45) is 1.57. The minimum Gasteiger partial charge on any atom is -0.480 e. The lowest BCUT2D eigenvalue weighted by atomic mass is 10.2. The monoisotopic (exact) mass is 244 g/mol. The van der Waals surface area contributed by atoms with Crippen LogP contribution in [0.25, 0.3) is 0 Å². The third-order valence-corrected chi connectivity index (χ3v) is 2.23. The van der Waals surface area contributed by atoms with E-state index in [2.05, 4.69) is 11.9 Å². The third kappa shape index (κ3) is 6.70. The smallest absolute Gasteiger partial charge is 0.317 e. The topological polar surface area (TPSA) is 78.9 Å². The average molecular weight is 244 g/mol. The average Bonchev–Trinajstić information content (AvgIpc) is 2.27. The molecule has 98 valence electrons. The zero-order valence-corrected chi connectivity index (χ0v) is 10.3. The summed E-state index contributed by atoms with van der Waals surface area (Å²) >= 11 is 0. The van der Waals surface area contributed by atoms with Crippen LogP contribution >= 0.6 is 0 Å². The molecule has 0 fully saturated rings. The molecule has 0 bridgehead atoms. The maximum atomic E-state index is 11.7. The molecule has 1 unspecified atom stereocenters. The van der Waals surface area contributed by atoms with E-state index in [0.29, 0.717) is 19.7 Å². The lowest BCUT2D eigenvalue weighted by Crippen LogP contribution is -2.47. The number of hydrogen-bond acceptors (Lipinski definition) is 4. The Bertz CT molecular complexity index is 268. The fraction of sp³-hybridized carbons (Fsp3) is 0.636. The van der Waals surface area contributed by atoms with Gasteiger partial charge >= 0.3 is 5.97 Å². The summed E-state index contributed by atoms with van der Waals surface area (Å²) in [6, 6.07) is -0.513. The first kappa shape index (κ1) is 15.6. The van der Waals surface area contributed by atoms with Gasteiger partial charge in [-0.25, -0.2) is 0 Å². The number of nitrogens with one attached hydrogen (secondary N) is 1. The van der Waals surface area contributed by atoms with Gasteiger partial charge in [0.25, 0.3) is 0 Å². The molecule has 2 N–H and O–H groups in total. The van der Waals surface area contributed by atoms with Crippen LogP contribution in [0.5, 0.6) is 0 Å². The summed E-state index contributed by atoms with van der Waals surface area (Å²) in [5, 5.41) is 11.4. The molecule has 0 aliphatic carbocycles. The number of amides is 1. The first-order chi connectivity index (χ1) is 8.02. The van der Waals surface area contributed by atoms with Crippen molar-refractivity contribution < 1.29 is 19.4 Å². The van der Waals surface area contributed by atoms with Gasteiger partial charge in [0.2, 0.25) is 5.91 Å². The maximum Gasteiger partial charge on any atom is 0.317 e. The summed E-state index contributed by atoms with van der Waals surface area (Å²) in [5.41, 5.74) is 0. The molecule has 0 saturated carbocycles. The van der Waals surface area contributed by atoms with Gasteiger partial charge in [-0.3, -0.25) is 14.5 Å². The predicted molar refractivity (Wildman–Crippen MR) is 63.8 cm³/mol. The Morgan fingerprint density at radius 1 is 1.59 bits per heavy atom. The van der Waals surface area contributed by atoms with Gasteiger partial charge in [-0.1, -0.05) is 6.08 Å². The van der Waals surface area contributed by atoms with Gasteiger partial charge in [0.05, 0.1) is 19.2 Å². The molecule has 0 aromatic carbocycles. The van der Waals surface area contributed by atoms with Crippen molar-refractivity contribution >= 4 is 11.9 Å². The van der Waals surface area contributed by atoms with Crippen molar-refractivity contribution in [3.8, 4) is 0 Å². The van der Waals surface area contributed by atoms with E-state index in [4.69, 9.17) is 9.84 Å². The summed E-state index contributed by atoms with van der Waals surface area (Å²) in [7, 11) is 1.55. The summed E-state index contributed by atoms with van der Waals surface area (Å²) in [4.78, 5) is 23.8. The van der Waals surface area contributed by atoms with Gasteiger partial charge < -0.3 is 15.2 Å². The van der Waals surface area contributed by atoms with Crippen LogP contribution in [-0.4, -0.2) is 61.3 Å². The molecular formula is C11H20N2O4. The Morgan fingerprint density at radius 2 is 2.24 bits per heavy atom. The van der Waals surface area contributed by atoms with E-state index < -0.39 is 12.0 Å². The zero-order chi connectivity index (χ0) is 13.3. The van der Waals surface area contributed by atoms with Crippen molar-refractivity contribution in [2.45, 2.75) is 13.0 Å². The molecule has 0 aliphatic heterocycles. The highest BCUT2D eigenvalue weighted by Gasteiger charge is 2.21. The van der Waals surface area contributed by atoms with E-state index >= 15 is 0 Å². The van der Waals surface area contributed by atoms with Gasteiger partial charge in [0, 0.05) is 20.2 Å². The second kappa shape index (κ2) is 8.72. The fourth-order valence-corrected chi connectivity index (χ4v) is 1.29. The van der Waals surface area contributed by atoms with Crippen molar-refractivity contribution in [3.63, 3.8) is 0 Å². The number of rotatable bonds is 9. The fourth-order valence-electron chi connectivity index (χ4n) is 1.29. The SMILES string of the molecule is C=CCN(CC(=O)O)C(C)C(=O)NCCOC. The molecule has 0 heterocycles. The lowest BCUT2D eigenvalue weighted by molar-refractivity contribution is -0.139. The predicted octanol–water partition coefficient (Wildman–Crippen LogP) is -0.290. The Kier molecular flexibility index (Phi) is 8.00. The molecule has 17 heavy (non-hydrogen) atoms. The molecule has 0 radical (unpaired) electrons. The van der Waals surface area contributed by atoms with Crippen LogP contribution in [0, 0.1) is 0 Å². The zero-order valence-electron chi connectivity index (χ0n) is 10.3. The highest BCUT2D eigenvalue weighted by molar-refractivity contribution is 5.82. The van der Waals surface area contributed by atoms with Gasteiger partial charge in [0.1, 0.15) is 0 Å². The van der Waals surface area contributed by atoms with Crippen molar-refractivity contribution in [2.75, 3.05) is 33.4 Å². The number of carbonyl (C=O) groups is 2. The van der Waals surface area contributed by atoms with Crippen molar-refractivity contribution in [3.05, 3.63) is 12.7 Å². The van der Waals surface area contributed by atoms with E-state index in [1.165, 1.54) is 4.90 Å². The molecule has 1 atom stereocenters. The van der Waals surface area contributed by atoms with E-state index in [1.54, 1.807) is 20.1 Å². The standard InChI is InChI=1S/C11H20N2O4/c1-4-6-13(8-10(14)15)9(2)11(16)12-5-7-17-3/h4,9H,1,5-8H2,2-3H3,(H,12,16)(H,14,15). The maximum absolute atomic E-state index is 11.7. The first-order valence-electron chi connectivity index (χ1n) is 5.36. The van der Waals surface area contributed by atoms with Crippen LogP contribution in [0.1, 0.15) is 6.92 Å². The molecule has 6 heteroatoms. The lowest BCUT2D eigenvalue weighted by Gasteiger charge is -2.25. The minimum absolute atomic E-state index is 0.190. The Morgan fingerprint density at radius 3 is 2.71 bits per heavy atom. The van der Waals surface area contributed by atoms with Crippen LogP contribution in [0.2, 0.25) is 0 Å². The molecule has 6 nitrogen and oxygen atoms in total. The van der Waals surface area contributed by atoms with Gasteiger partial charge in [-0.2, -0.15) is 0 Å². The van der Waals surface area contributed by atoms with E-state index in [-0.39, 0.29) is 12.5 Å². The molecule has 0 aromatic rings. The van der Waals surface area contributed by atoms with Crippen molar-refractivity contribution in [2.24, 2.45) is 0 Å². The molecule has 1 amide bonds. The molecule has 0 spiro atoms. The van der Waals surface area contributed by atoms with Crippen LogP contribution in [0.3, 0.4) is 0 Å². The van der Waals surface area contributed by atoms with E-state index in [9.17, 15) is 9.59 Å². The first-order valence-corrected chi connectivity index (χ1v) is 5.36. The van der Waals surface area contributed by atoms with Gasteiger partial charge in [-0.05, 0) is 6.92 Å². The Labute approximate surface area is 101 Å². The quantitative estimate of drug-likeness (QED) is 0.430. The normalized spacial score (nSPS) is 12.2. The summed E-state index contributed by atoms with van der Waals surface area (Å²) < 4.78 is 4.81. The van der Waals surface area contributed by atoms with E-state index in [0.717, 1.165) is 0 Å². The number of carboxylic acid groups (broad SMARTS) is 1. The number of methoxy groups -OCH3 is 1. The van der Waals surface area contributed by atoms with Crippen molar-refractivity contribution in [1.29, 1.82) is 0 Å². The number of nitrogens with zero attached hydrogens (tertiary/aromatic N) is 1. The Hall–Kier alpha value is -1.40. The number of carboxylic acids is 1. The third-order valence-electron chi connectivity index (χ3n) is 2.23. The molecular weight excluding hydrogens is 224 g/mol. The Balaban J connectivity index is 4.27. The van der Waals surface area contributed by atoms with Crippen molar-refractivity contribution in [1.82, 2.24) is 10.2 Å². The molecule has 0 rings (SSSR count). The number of aliphatic carboxylic acids is 1. The summed E-state index contributed by atoms with van der Waals surface area (Å²) in [5.74, 6) is -1.19. The summed E-state index contributed by atoms with van der Waals surface area (Å²) in [6.45, 7) is 6.20. The van der Waals surface area contributed by atoms with Crippen LogP contribution in [0.4, 0.5) is 0 Å².